The van der Waals surface area contributed by atoms with Crippen molar-refractivity contribution in [3.8, 4) is 0 Å². The second kappa shape index (κ2) is 8.26. The van der Waals surface area contributed by atoms with Crippen LogP contribution in [0.4, 0.5) is 17.1 Å². The van der Waals surface area contributed by atoms with Crippen molar-refractivity contribution in [2.75, 3.05) is 37.1 Å². The summed E-state index contributed by atoms with van der Waals surface area (Å²) in [6, 6.07) is 8.57. The van der Waals surface area contributed by atoms with Gasteiger partial charge in [-0.3, -0.25) is 0 Å². The quantitative estimate of drug-likeness (QED) is 0.756. The molecular weight excluding hydrogens is 301 g/mol. The summed E-state index contributed by atoms with van der Waals surface area (Å²) in [6.07, 6.45) is 0. The molecule has 0 unspecified atom stereocenters. The van der Waals surface area contributed by atoms with E-state index in [1.165, 1.54) is 10.8 Å². The number of hydrogen-bond donors (Lipinski definition) is 3. The van der Waals surface area contributed by atoms with Gasteiger partial charge in [0.1, 0.15) is 0 Å². The van der Waals surface area contributed by atoms with Gasteiger partial charge in [-0.05, 0) is 17.4 Å². The number of nitrogens with one attached hydrogen (secondary N) is 3. The zero-order valence-corrected chi connectivity index (χ0v) is 14.3. The number of fused-ring (bicyclic) bond motifs is 1. The smallest absolute Gasteiger partial charge is 0.404 e. The van der Waals surface area contributed by atoms with Crippen LogP contribution in [-0.2, 0) is 26.2 Å². The molecule has 18 heavy (non-hydrogen) atoms. The van der Waals surface area contributed by atoms with E-state index < -0.39 is 0 Å². The van der Waals surface area contributed by atoms with Crippen molar-refractivity contribution in [2.45, 2.75) is 0 Å². The molecule has 0 spiro atoms. The maximum atomic E-state index is 3.21. The zero-order valence-electron chi connectivity index (χ0n) is 11.8. The minimum absolute atomic E-state index is 0. The second-order valence-electron chi connectivity index (χ2n) is 3.52. The Morgan fingerprint density at radius 2 is 1.56 bits per heavy atom. The molecule has 0 saturated heterocycles. The molecule has 0 bridgehead atoms. The van der Waals surface area contributed by atoms with Gasteiger partial charge in [0.15, 0.2) is 0 Å². The number of anilines is 3. The van der Waals surface area contributed by atoms with Crippen LogP contribution in [-0.4, -0.2) is 21.1 Å². The summed E-state index contributed by atoms with van der Waals surface area (Å²) in [7, 11) is 5.81. The molecule has 0 atom stereocenters. The predicted molar refractivity (Wildman–Crippen MR) is 81.0 cm³/mol. The Balaban J connectivity index is 0. The van der Waals surface area contributed by atoms with E-state index in [0.717, 1.165) is 17.1 Å². The molecular formula is C14H22N3Zr. The Kier molecular flexibility index (Phi) is 8.92. The normalized spacial score (nSPS) is 8.61. The first-order valence-electron chi connectivity index (χ1n) is 5.06. The Hall–Kier alpha value is -0.887. The molecule has 2 aromatic carbocycles. The SMILES string of the molecule is CNc1cc(NC)c2cc(NC)[cH-]c2c1.[CH3-].[CH3-].[Zr+3]. The molecule has 0 amide bonds. The van der Waals surface area contributed by atoms with E-state index in [2.05, 4.69) is 40.2 Å². The summed E-state index contributed by atoms with van der Waals surface area (Å²) >= 11 is 0. The first-order chi connectivity index (χ1) is 7.28. The monoisotopic (exact) mass is 322 g/mol. The molecule has 0 heterocycles. The van der Waals surface area contributed by atoms with E-state index in [9.17, 15) is 0 Å². The Labute approximate surface area is 130 Å². The molecule has 3 nitrogen and oxygen atoms in total. The van der Waals surface area contributed by atoms with E-state index in [4.69, 9.17) is 0 Å². The van der Waals surface area contributed by atoms with Crippen LogP contribution in [0, 0.1) is 14.9 Å². The maximum absolute atomic E-state index is 3.21. The molecule has 0 aliphatic rings. The molecule has 2 rings (SSSR count). The topological polar surface area (TPSA) is 36.1 Å². The van der Waals surface area contributed by atoms with Gasteiger partial charge >= 0.3 is 26.2 Å². The third kappa shape index (κ3) is 3.55. The van der Waals surface area contributed by atoms with Gasteiger partial charge in [0.2, 0.25) is 0 Å². The summed E-state index contributed by atoms with van der Waals surface area (Å²) in [5, 5.41) is 12.0. The molecule has 0 aliphatic carbocycles. The van der Waals surface area contributed by atoms with Gasteiger partial charge in [-0.25, -0.2) is 0 Å². The average Bonchev–Trinajstić information content (AvgIpc) is 2.70. The molecule has 2 aromatic rings. The fraction of sp³-hybridized carbons (Fsp3) is 0.214. The van der Waals surface area contributed by atoms with Gasteiger partial charge in [-0.2, -0.15) is 0 Å². The van der Waals surface area contributed by atoms with Crippen molar-refractivity contribution in [2.24, 2.45) is 0 Å². The van der Waals surface area contributed by atoms with Crippen molar-refractivity contribution >= 4 is 27.8 Å². The fourth-order valence-electron chi connectivity index (χ4n) is 1.82. The standard InChI is InChI=1S/C12H16N3.2CH3.Zr/c1-13-9-4-8-5-10(14-2)7-12(15-3)11(8)6-9;;;/h4-7,13-15H,1-3H3;2*1H3;/q3*-1;+3. The van der Waals surface area contributed by atoms with Gasteiger partial charge in [0.05, 0.1) is 0 Å². The summed E-state index contributed by atoms with van der Waals surface area (Å²) in [5.74, 6) is 0. The summed E-state index contributed by atoms with van der Waals surface area (Å²) in [5.41, 5.74) is 3.42. The zero-order chi connectivity index (χ0) is 10.8. The van der Waals surface area contributed by atoms with Crippen molar-refractivity contribution in [1.29, 1.82) is 0 Å². The second-order valence-corrected chi connectivity index (χ2v) is 3.52. The molecule has 0 aliphatic heterocycles. The van der Waals surface area contributed by atoms with Gasteiger partial charge in [-0.15, -0.1) is 29.0 Å². The molecule has 0 aromatic heterocycles. The number of hydrogen-bond acceptors (Lipinski definition) is 3. The van der Waals surface area contributed by atoms with Crippen LogP contribution in [0.3, 0.4) is 0 Å². The van der Waals surface area contributed by atoms with Crippen LogP contribution >= 0.6 is 0 Å². The minimum Gasteiger partial charge on any atom is -0.404 e. The first-order valence-corrected chi connectivity index (χ1v) is 5.06. The van der Waals surface area contributed by atoms with Gasteiger partial charge in [0.25, 0.3) is 0 Å². The molecule has 1 radical (unpaired) electrons. The molecule has 97 valence electrons. The van der Waals surface area contributed by atoms with Crippen LogP contribution < -0.4 is 16.0 Å². The van der Waals surface area contributed by atoms with Crippen LogP contribution in [0.1, 0.15) is 0 Å². The number of benzene rings is 1. The predicted octanol–water partition coefficient (Wildman–Crippen LogP) is 3.58. The van der Waals surface area contributed by atoms with Crippen LogP contribution in [0.25, 0.3) is 10.8 Å². The van der Waals surface area contributed by atoms with Crippen molar-refractivity contribution in [1.82, 2.24) is 0 Å². The summed E-state index contributed by atoms with van der Waals surface area (Å²) in [4.78, 5) is 0. The summed E-state index contributed by atoms with van der Waals surface area (Å²) < 4.78 is 0. The van der Waals surface area contributed by atoms with Crippen molar-refractivity contribution < 1.29 is 26.2 Å². The average molecular weight is 324 g/mol. The molecule has 4 heteroatoms. The Morgan fingerprint density at radius 3 is 2.06 bits per heavy atom. The third-order valence-corrected chi connectivity index (χ3v) is 2.67. The van der Waals surface area contributed by atoms with Crippen LogP contribution in [0.15, 0.2) is 24.3 Å². The van der Waals surface area contributed by atoms with Gasteiger partial charge in [-0.1, -0.05) is 5.69 Å². The van der Waals surface area contributed by atoms with Crippen LogP contribution in [0.2, 0.25) is 0 Å². The largest absolute Gasteiger partial charge is 3.00 e. The Bertz CT molecular complexity index is 477. The van der Waals surface area contributed by atoms with Crippen molar-refractivity contribution in [3.05, 3.63) is 39.1 Å². The molecule has 0 saturated carbocycles. The van der Waals surface area contributed by atoms with E-state index in [1.54, 1.807) is 0 Å². The number of rotatable bonds is 3. The van der Waals surface area contributed by atoms with Gasteiger partial charge in [0, 0.05) is 21.1 Å². The first kappa shape index (κ1) is 19.5. The third-order valence-electron chi connectivity index (χ3n) is 2.67. The van der Waals surface area contributed by atoms with E-state index >= 15 is 0 Å². The molecule has 0 fully saturated rings. The summed E-state index contributed by atoms with van der Waals surface area (Å²) in [6.45, 7) is 0. The maximum Gasteiger partial charge on any atom is 3.00 e. The van der Waals surface area contributed by atoms with Crippen molar-refractivity contribution in [3.63, 3.8) is 0 Å². The van der Waals surface area contributed by atoms with E-state index in [0.29, 0.717) is 0 Å². The van der Waals surface area contributed by atoms with E-state index in [-0.39, 0.29) is 41.1 Å². The minimum atomic E-state index is 0. The Morgan fingerprint density at radius 1 is 0.889 bits per heavy atom. The van der Waals surface area contributed by atoms with Gasteiger partial charge < -0.3 is 30.8 Å². The molecule has 3 N–H and O–H groups in total. The van der Waals surface area contributed by atoms with Crippen LogP contribution in [0.5, 0.6) is 0 Å². The fourth-order valence-corrected chi connectivity index (χ4v) is 1.82. The van der Waals surface area contributed by atoms with E-state index in [1.807, 2.05) is 21.1 Å².